The molecule has 0 aromatic heterocycles. The van der Waals surface area contributed by atoms with Gasteiger partial charge in [0.25, 0.3) is 0 Å². The summed E-state index contributed by atoms with van der Waals surface area (Å²) in [5, 5.41) is 9.55. The lowest BCUT2D eigenvalue weighted by molar-refractivity contribution is -0.280. The molecule has 7 heteroatoms. The zero-order chi connectivity index (χ0) is 18.8. The van der Waals surface area contributed by atoms with Gasteiger partial charge in [-0.25, -0.2) is 4.79 Å². The van der Waals surface area contributed by atoms with Crippen LogP contribution in [0.1, 0.15) is 53.4 Å². The van der Waals surface area contributed by atoms with E-state index in [1.54, 1.807) is 20.8 Å². The number of carbonyl (C=O) groups excluding carboxylic acids is 1. The van der Waals surface area contributed by atoms with Gasteiger partial charge in [-0.15, -0.1) is 0 Å². The number of hydrogen-bond donors (Lipinski definition) is 1. The molecule has 0 aromatic rings. The van der Waals surface area contributed by atoms with Crippen LogP contribution in [0.4, 0.5) is 13.2 Å². The average molecular weight is 352 g/mol. The molecular weight excluding hydrogens is 325 g/mol. The average Bonchev–Trinajstić information content (AvgIpc) is 2.44. The molecular formula is C17H27F3O4. The highest BCUT2D eigenvalue weighted by Gasteiger charge is 2.51. The van der Waals surface area contributed by atoms with E-state index in [0.717, 1.165) is 12.8 Å². The first-order valence-corrected chi connectivity index (χ1v) is 8.07. The van der Waals surface area contributed by atoms with Gasteiger partial charge in [0.15, 0.2) is 5.60 Å². The third kappa shape index (κ3) is 5.21. The molecule has 1 aliphatic rings. The summed E-state index contributed by atoms with van der Waals surface area (Å²) in [5.41, 5.74) is -3.63. The minimum Gasteiger partial charge on any atom is -0.459 e. The molecule has 1 N–H and O–H groups in total. The molecule has 1 saturated carbocycles. The molecule has 1 aliphatic carbocycles. The first-order valence-electron chi connectivity index (χ1n) is 8.07. The maximum absolute atomic E-state index is 12.8. The fourth-order valence-electron chi connectivity index (χ4n) is 2.79. The van der Waals surface area contributed by atoms with E-state index < -0.39 is 36.1 Å². The summed E-state index contributed by atoms with van der Waals surface area (Å²) in [6.07, 6.45) is -2.15. The quantitative estimate of drug-likeness (QED) is 0.584. The normalized spacial score (nSPS) is 25.0. The molecule has 1 rings (SSSR count). The van der Waals surface area contributed by atoms with Crippen LogP contribution in [0, 0.1) is 5.92 Å². The first-order chi connectivity index (χ1) is 10.8. The maximum Gasteiger partial charge on any atom is 0.419 e. The lowest BCUT2D eigenvalue weighted by atomic mass is 9.76. The topological polar surface area (TPSA) is 55.8 Å². The molecule has 3 atom stereocenters. The SMILES string of the molecule is C=C(C)C(=O)OC1CCCCC1C(C)(C)OCC(C)(O)C(F)(F)F. The lowest BCUT2D eigenvalue weighted by Gasteiger charge is -2.42. The Morgan fingerprint density at radius 2 is 1.75 bits per heavy atom. The van der Waals surface area contributed by atoms with Crippen LogP contribution in [-0.2, 0) is 14.3 Å². The van der Waals surface area contributed by atoms with Gasteiger partial charge in [0, 0.05) is 11.5 Å². The Hall–Kier alpha value is -1.08. The zero-order valence-electron chi connectivity index (χ0n) is 14.7. The van der Waals surface area contributed by atoms with Crippen LogP contribution in [-0.4, -0.2) is 41.2 Å². The first kappa shape index (κ1) is 21.0. The summed E-state index contributed by atoms with van der Waals surface area (Å²) >= 11 is 0. The molecule has 0 amide bonds. The van der Waals surface area contributed by atoms with Crippen molar-refractivity contribution in [2.45, 2.75) is 76.9 Å². The van der Waals surface area contributed by atoms with Crippen LogP contribution in [0.2, 0.25) is 0 Å². The summed E-state index contributed by atoms with van der Waals surface area (Å²) in [5.74, 6) is -0.761. The predicted molar refractivity (Wildman–Crippen MR) is 83.4 cm³/mol. The molecule has 0 spiro atoms. The highest BCUT2D eigenvalue weighted by atomic mass is 19.4. The number of halogens is 3. The number of aliphatic hydroxyl groups is 1. The van der Waals surface area contributed by atoms with Gasteiger partial charge in [-0.05, 0) is 47.0 Å². The fourth-order valence-corrected chi connectivity index (χ4v) is 2.79. The van der Waals surface area contributed by atoms with Crippen molar-refractivity contribution in [1.82, 2.24) is 0 Å². The van der Waals surface area contributed by atoms with Crippen LogP contribution in [0.25, 0.3) is 0 Å². The third-order valence-corrected chi connectivity index (χ3v) is 4.54. The van der Waals surface area contributed by atoms with Crippen molar-refractivity contribution in [3.63, 3.8) is 0 Å². The fraction of sp³-hybridized carbons (Fsp3) is 0.824. The van der Waals surface area contributed by atoms with Gasteiger partial charge < -0.3 is 14.6 Å². The van der Waals surface area contributed by atoms with Gasteiger partial charge in [-0.1, -0.05) is 13.0 Å². The van der Waals surface area contributed by atoms with Crippen LogP contribution >= 0.6 is 0 Å². The largest absolute Gasteiger partial charge is 0.459 e. The molecule has 0 aliphatic heterocycles. The molecule has 3 unspecified atom stereocenters. The van der Waals surface area contributed by atoms with E-state index in [1.807, 2.05) is 0 Å². The lowest BCUT2D eigenvalue weighted by Crippen LogP contribution is -2.51. The van der Waals surface area contributed by atoms with Gasteiger partial charge >= 0.3 is 12.1 Å². The Kier molecular flexibility index (Phi) is 6.49. The van der Waals surface area contributed by atoms with Crippen LogP contribution in [0.5, 0.6) is 0 Å². The number of rotatable bonds is 6. The van der Waals surface area contributed by atoms with Crippen LogP contribution in [0.3, 0.4) is 0 Å². The molecule has 0 heterocycles. The Balaban J connectivity index is 2.81. The van der Waals surface area contributed by atoms with E-state index in [-0.39, 0.29) is 11.5 Å². The second-order valence-electron chi connectivity index (χ2n) is 7.28. The van der Waals surface area contributed by atoms with Crippen LogP contribution in [0.15, 0.2) is 12.2 Å². The molecule has 24 heavy (non-hydrogen) atoms. The van der Waals surface area contributed by atoms with E-state index in [2.05, 4.69) is 6.58 Å². The standard InChI is InChI=1S/C17H27F3O4/c1-11(2)14(21)24-13-9-7-6-8-12(13)15(3,4)23-10-16(5,22)17(18,19)20/h12-13,22H,1,6-10H2,2-5H3. The molecule has 0 saturated heterocycles. The number of hydrogen-bond acceptors (Lipinski definition) is 4. The highest BCUT2D eigenvalue weighted by molar-refractivity contribution is 5.87. The second-order valence-corrected chi connectivity index (χ2v) is 7.28. The second kappa shape index (κ2) is 7.44. The van der Waals surface area contributed by atoms with Crippen molar-refractivity contribution >= 4 is 5.97 Å². The van der Waals surface area contributed by atoms with E-state index in [0.29, 0.717) is 19.8 Å². The molecule has 0 radical (unpaired) electrons. The summed E-state index contributed by atoms with van der Waals surface area (Å²) in [6, 6.07) is 0. The Bertz CT molecular complexity index is 469. The van der Waals surface area contributed by atoms with Crippen molar-refractivity contribution in [1.29, 1.82) is 0 Å². The Morgan fingerprint density at radius 3 is 2.25 bits per heavy atom. The van der Waals surface area contributed by atoms with E-state index >= 15 is 0 Å². The summed E-state index contributed by atoms with van der Waals surface area (Å²) in [6.45, 7) is 8.22. The van der Waals surface area contributed by atoms with E-state index in [4.69, 9.17) is 9.47 Å². The van der Waals surface area contributed by atoms with E-state index in [1.165, 1.54) is 0 Å². The maximum atomic E-state index is 12.8. The monoisotopic (exact) mass is 352 g/mol. The summed E-state index contributed by atoms with van der Waals surface area (Å²) < 4.78 is 49.2. The zero-order valence-corrected chi connectivity index (χ0v) is 14.7. The van der Waals surface area contributed by atoms with E-state index in [9.17, 15) is 23.1 Å². The highest BCUT2D eigenvalue weighted by Crippen LogP contribution is 2.39. The molecule has 0 aromatic carbocycles. The summed E-state index contributed by atoms with van der Waals surface area (Å²) in [7, 11) is 0. The molecule has 1 fully saturated rings. The van der Waals surface area contributed by atoms with Gasteiger partial charge in [-0.3, -0.25) is 0 Å². The van der Waals surface area contributed by atoms with Crippen molar-refractivity contribution in [3.8, 4) is 0 Å². The number of esters is 1. The number of ether oxygens (including phenoxy) is 2. The van der Waals surface area contributed by atoms with Crippen molar-refractivity contribution in [3.05, 3.63) is 12.2 Å². The smallest absolute Gasteiger partial charge is 0.419 e. The van der Waals surface area contributed by atoms with Gasteiger partial charge in [0.1, 0.15) is 6.10 Å². The minimum atomic E-state index is -4.78. The van der Waals surface area contributed by atoms with Crippen LogP contribution < -0.4 is 0 Å². The minimum absolute atomic E-state index is 0.251. The number of alkyl halides is 3. The third-order valence-electron chi connectivity index (χ3n) is 4.54. The molecule has 4 nitrogen and oxygen atoms in total. The van der Waals surface area contributed by atoms with Gasteiger partial charge in [0.05, 0.1) is 12.2 Å². The van der Waals surface area contributed by atoms with Gasteiger partial charge in [0.2, 0.25) is 0 Å². The van der Waals surface area contributed by atoms with Crippen molar-refractivity contribution < 1.29 is 32.5 Å². The Morgan fingerprint density at radius 1 is 1.21 bits per heavy atom. The van der Waals surface area contributed by atoms with Crippen molar-refractivity contribution in [2.75, 3.05) is 6.61 Å². The molecule has 140 valence electrons. The Labute approximate surface area is 141 Å². The van der Waals surface area contributed by atoms with Crippen molar-refractivity contribution in [2.24, 2.45) is 5.92 Å². The van der Waals surface area contributed by atoms with Gasteiger partial charge in [-0.2, -0.15) is 13.2 Å². The predicted octanol–water partition coefficient (Wildman–Crippen LogP) is 3.77. The number of carbonyl (C=O) groups is 1. The summed E-state index contributed by atoms with van der Waals surface area (Å²) in [4.78, 5) is 11.8. The molecule has 0 bridgehead atoms.